The molecule has 0 amide bonds. The molecule has 0 rings (SSSR count). The Balaban J connectivity index is 3.08. The summed E-state index contributed by atoms with van der Waals surface area (Å²) in [5.41, 5.74) is 0. The standard InChI is InChI=1S/C5H5Cl2/c1-2-3-4-5(6)7/h5H,1,4H2. The van der Waals surface area contributed by atoms with Crippen LogP contribution in [-0.4, -0.2) is 4.84 Å². The topological polar surface area (TPSA) is 0 Å². The van der Waals surface area contributed by atoms with Gasteiger partial charge in [0.2, 0.25) is 0 Å². The van der Waals surface area contributed by atoms with E-state index in [2.05, 4.69) is 18.8 Å². The van der Waals surface area contributed by atoms with Crippen molar-refractivity contribution in [3.05, 3.63) is 6.92 Å². The van der Waals surface area contributed by atoms with Crippen molar-refractivity contribution in [2.45, 2.75) is 11.3 Å². The molecular formula is C5H5Cl2. The van der Waals surface area contributed by atoms with E-state index in [-0.39, 0.29) is 4.84 Å². The van der Waals surface area contributed by atoms with E-state index in [1.165, 1.54) is 0 Å². The minimum Gasteiger partial charge on any atom is -0.104 e. The summed E-state index contributed by atoms with van der Waals surface area (Å²) in [4.78, 5) is -0.366. The molecule has 0 heterocycles. The lowest BCUT2D eigenvalue weighted by molar-refractivity contribution is 1.20. The van der Waals surface area contributed by atoms with E-state index in [1.807, 2.05) is 0 Å². The van der Waals surface area contributed by atoms with E-state index in [0.29, 0.717) is 6.42 Å². The quantitative estimate of drug-likeness (QED) is 0.382. The molecule has 0 aliphatic rings. The fourth-order valence-electron chi connectivity index (χ4n) is 0.149. The zero-order chi connectivity index (χ0) is 5.70. The van der Waals surface area contributed by atoms with Crippen LogP contribution >= 0.6 is 23.2 Å². The highest BCUT2D eigenvalue weighted by Gasteiger charge is 1.90. The largest absolute Gasteiger partial charge is 0.118 e. The Labute approximate surface area is 53.8 Å². The first-order valence-corrected chi connectivity index (χ1v) is 2.67. The van der Waals surface area contributed by atoms with Crippen LogP contribution in [0, 0.1) is 18.8 Å². The van der Waals surface area contributed by atoms with Crippen molar-refractivity contribution >= 4 is 23.2 Å². The zero-order valence-electron chi connectivity index (χ0n) is 3.75. The molecule has 0 saturated heterocycles. The summed E-state index contributed by atoms with van der Waals surface area (Å²) in [5, 5.41) is 0. The van der Waals surface area contributed by atoms with Gasteiger partial charge in [0, 0.05) is 13.3 Å². The first kappa shape index (κ1) is 7.14. The van der Waals surface area contributed by atoms with Gasteiger partial charge >= 0.3 is 0 Å². The number of rotatable bonds is 1. The highest BCUT2D eigenvalue weighted by atomic mass is 35.5. The average Bonchev–Trinajstić information content (AvgIpc) is 1.61. The van der Waals surface area contributed by atoms with Crippen LogP contribution in [0.1, 0.15) is 6.42 Å². The Bertz CT molecular complexity index is 86.0. The van der Waals surface area contributed by atoms with Crippen molar-refractivity contribution in [3.63, 3.8) is 0 Å². The van der Waals surface area contributed by atoms with Gasteiger partial charge in [-0.25, -0.2) is 0 Å². The molecule has 2 heteroatoms. The molecule has 0 unspecified atom stereocenters. The highest BCUT2D eigenvalue weighted by Crippen LogP contribution is 2.03. The molecular weight excluding hydrogens is 131 g/mol. The van der Waals surface area contributed by atoms with Gasteiger partial charge in [-0.15, -0.1) is 35.0 Å². The molecule has 0 aromatic carbocycles. The van der Waals surface area contributed by atoms with E-state index < -0.39 is 0 Å². The van der Waals surface area contributed by atoms with Crippen LogP contribution in [0.3, 0.4) is 0 Å². The maximum atomic E-state index is 5.29. The third-order valence-corrected chi connectivity index (χ3v) is 0.690. The van der Waals surface area contributed by atoms with Crippen LogP contribution in [0.4, 0.5) is 0 Å². The summed E-state index contributed by atoms with van der Waals surface area (Å²) in [7, 11) is 0. The molecule has 0 atom stereocenters. The Morgan fingerprint density at radius 3 is 2.29 bits per heavy atom. The molecule has 0 fully saturated rings. The molecule has 0 N–H and O–H groups in total. The zero-order valence-corrected chi connectivity index (χ0v) is 5.26. The maximum absolute atomic E-state index is 5.29. The third-order valence-electron chi connectivity index (χ3n) is 0.381. The molecule has 0 spiro atoms. The summed E-state index contributed by atoms with van der Waals surface area (Å²) in [6.45, 7) is 3.28. The van der Waals surface area contributed by atoms with Gasteiger partial charge in [-0.05, 0) is 0 Å². The normalized spacial score (nSPS) is 8.00. The number of hydrogen-bond acceptors (Lipinski definition) is 0. The van der Waals surface area contributed by atoms with Crippen LogP contribution in [0.25, 0.3) is 0 Å². The molecule has 0 aromatic heterocycles. The van der Waals surface area contributed by atoms with Crippen molar-refractivity contribution in [1.29, 1.82) is 0 Å². The lowest BCUT2D eigenvalue weighted by Crippen LogP contribution is -1.79. The van der Waals surface area contributed by atoms with Crippen LogP contribution in [0.5, 0.6) is 0 Å². The lowest BCUT2D eigenvalue weighted by atomic mass is 10.5. The molecule has 0 aliphatic carbocycles. The minimum absolute atomic E-state index is 0.366. The summed E-state index contributed by atoms with van der Waals surface area (Å²) in [6, 6.07) is 0. The van der Waals surface area contributed by atoms with Crippen molar-refractivity contribution < 1.29 is 0 Å². The Hall–Kier alpha value is 0.140. The van der Waals surface area contributed by atoms with Gasteiger partial charge in [0.1, 0.15) is 4.84 Å². The van der Waals surface area contributed by atoms with Crippen LogP contribution in [0.2, 0.25) is 0 Å². The van der Waals surface area contributed by atoms with Crippen LogP contribution in [0.15, 0.2) is 0 Å². The molecule has 0 nitrogen and oxygen atoms in total. The van der Waals surface area contributed by atoms with E-state index in [0.717, 1.165) is 0 Å². The summed E-state index contributed by atoms with van der Waals surface area (Å²) >= 11 is 10.6. The van der Waals surface area contributed by atoms with Gasteiger partial charge in [0.15, 0.2) is 0 Å². The lowest BCUT2D eigenvalue weighted by Gasteiger charge is -1.85. The first-order valence-electron chi connectivity index (χ1n) is 1.80. The second kappa shape index (κ2) is 4.30. The molecule has 0 aromatic rings. The van der Waals surface area contributed by atoms with E-state index in [1.54, 1.807) is 0 Å². The molecule has 7 heavy (non-hydrogen) atoms. The Kier molecular flexibility index (Phi) is 4.39. The number of halogens is 2. The predicted octanol–water partition coefficient (Wildman–Crippen LogP) is 2.02. The van der Waals surface area contributed by atoms with E-state index in [4.69, 9.17) is 23.2 Å². The van der Waals surface area contributed by atoms with Crippen molar-refractivity contribution in [3.8, 4) is 11.8 Å². The predicted molar refractivity (Wildman–Crippen MR) is 33.2 cm³/mol. The van der Waals surface area contributed by atoms with Crippen molar-refractivity contribution in [1.82, 2.24) is 0 Å². The Morgan fingerprint density at radius 2 is 2.14 bits per heavy atom. The fraction of sp³-hybridized carbons (Fsp3) is 0.400. The number of alkyl halides is 2. The van der Waals surface area contributed by atoms with Gasteiger partial charge in [0.25, 0.3) is 0 Å². The first-order chi connectivity index (χ1) is 3.27. The highest BCUT2D eigenvalue weighted by molar-refractivity contribution is 6.44. The van der Waals surface area contributed by atoms with Crippen LogP contribution < -0.4 is 0 Å². The fourth-order valence-corrected chi connectivity index (χ4v) is 0.304. The van der Waals surface area contributed by atoms with Gasteiger partial charge < -0.3 is 0 Å². The summed E-state index contributed by atoms with van der Waals surface area (Å²) in [6.07, 6.45) is 0.507. The smallest absolute Gasteiger partial charge is 0.104 e. The summed E-state index contributed by atoms with van der Waals surface area (Å²) in [5.74, 6) is 5.05. The van der Waals surface area contributed by atoms with Crippen LogP contribution in [-0.2, 0) is 0 Å². The maximum Gasteiger partial charge on any atom is 0.118 e. The summed E-state index contributed by atoms with van der Waals surface area (Å²) < 4.78 is 0. The second-order valence-electron chi connectivity index (χ2n) is 0.949. The molecule has 1 radical (unpaired) electrons. The van der Waals surface area contributed by atoms with Gasteiger partial charge in [0.05, 0.1) is 0 Å². The number of hydrogen-bond donors (Lipinski definition) is 0. The molecule has 0 saturated carbocycles. The molecule has 39 valence electrons. The van der Waals surface area contributed by atoms with Crippen molar-refractivity contribution in [2.24, 2.45) is 0 Å². The van der Waals surface area contributed by atoms with E-state index in [9.17, 15) is 0 Å². The van der Waals surface area contributed by atoms with Gasteiger partial charge in [-0.3, -0.25) is 0 Å². The second-order valence-corrected chi connectivity index (χ2v) is 2.23. The monoisotopic (exact) mass is 135 g/mol. The SMILES string of the molecule is [CH2]C#CCC(Cl)Cl. The van der Waals surface area contributed by atoms with E-state index >= 15 is 0 Å². The molecule has 0 aliphatic heterocycles. The van der Waals surface area contributed by atoms with Crippen molar-refractivity contribution in [2.75, 3.05) is 0 Å². The molecule has 0 bridgehead atoms. The Morgan fingerprint density at radius 1 is 1.57 bits per heavy atom. The average molecular weight is 136 g/mol. The third kappa shape index (κ3) is 6.14. The van der Waals surface area contributed by atoms with Gasteiger partial charge in [-0.1, -0.05) is 0 Å². The minimum atomic E-state index is -0.366. The van der Waals surface area contributed by atoms with Gasteiger partial charge in [-0.2, -0.15) is 0 Å².